The van der Waals surface area contributed by atoms with Crippen molar-refractivity contribution in [1.29, 1.82) is 0 Å². The van der Waals surface area contributed by atoms with E-state index in [-0.39, 0.29) is 16.7 Å². The van der Waals surface area contributed by atoms with Crippen LogP contribution in [-0.2, 0) is 0 Å². The average Bonchev–Trinajstić information content (AvgIpc) is 2.44. The number of rotatable bonds is 2. The molecule has 0 fully saturated rings. The minimum atomic E-state index is -1.24. The molecule has 1 aliphatic rings. The minimum Gasteiger partial charge on any atom is -0.206 e. The van der Waals surface area contributed by atoms with Crippen molar-refractivity contribution in [2.75, 3.05) is 0 Å². The summed E-state index contributed by atoms with van der Waals surface area (Å²) in [6, 6.07) is 0. The Morgan fingerprint density at radius 3 is 2.00 bits per heavy atom. The standard InChI is InChI=1S/C18H20F4/c1-6-7-11-9(4)13-14(15(19)10(11)5)16(20)12(8(2)3)17(21)18(13)22/h11H,6-7H2,1-5H3. The molecule has 120 valence electrons. The van der Waals surface area contributed by atoms with Crippen LogP contribution >= 0.6 is 0 Å². The number of fused-ring (bicyclic) bond motifs is 1. The number of halogens is 4. The summed E-state index contributed by atoms with van der Waals surface area (Å²) in [7, 11) is 0. The smallest absolute Gasteiger partial charge is 0.169 e. The second-order valence-electron chi connectivity index (χ2n) is 6.09. The molecule has 0 saturated heterocycles. The lowest BCUT2D eigenvalue weighted by atomic mass is 9.80. The van der Waals surface area contributed by atoms with Crippen LogP contribution in [0.4, 0.5) is 17.6 Å². The van der Waals surface area contributed by atoms with Crippen LogP contribution in [0.1, 0.15) is 53.0 Å². The van der Waals surface area contributed by atoms with E-state index in [1.165, 1.54) is 13.8 Å². The molecule has 1 unspecified atom stereocenters. The summed E-state index contributed by atoms with van der Waals surface area (Å²) in [4.78, 5) is 0. The zero-order valence-electron chi connectivity index (χ0n) is 13.5. The normalized spacial score (nSPS) is 17.9. The number of hydrogen-bond acceptors (Lipinski definition) is 0. The Balaban J connectivity index is 3.07. The van der Waals surface area contributed by atoms with Crippen LogP contribution in [0.15, 0.2) is 5.57 Å². The molecule has 1 aromatic rings. The summed E-state index contributed by atoms with van der Waals surface area (Å²) in [6.07, 6.45) is 1.39. The van der Waals surface area contributed by atoms with Crippen LogP contribution in [0, 0.1) is 23.4 Å². The van der Waals surface area contributed by atoms with E-state index >= 15 is 0 Å². The molecule has 0 saturated carbocycles. The summed E-state index contributed by atoms with van der Waals surface area (Å²) in [5.74, 6) is -4.49. The van der Waals surface area contributed by atoms with Gasteiger partial charge in [0.2, 0.25) is 0 Å². The van der Waals surface area contributed by atoms with E-state index in [2.05, 4.69) is 0 Å². The molecule has 0 amide bonds. The highest BCUT2D eigenvalue weighted by atomic mass is 19.2. The first-order chi connectivity index (χ1) is 10.2. The first-order valence-corrected chi connectivity index (χ1v) is 7.45. The Morgan fingerprint density at radius 2 is 1.50 bits per heavy atom. The summed E-state index contributed by atoms with van der Waals surface area (Å²) < 4.78 is 58.0. The minimum absolute atomic E-state index is 0.249. The number of hydrogen-bond donors (Lipinski definition) is 0. The predicted octanol–water partition coefficient (Wildman–Crippen LogP) is 4.60. The third kappa shape index (κ3) is 2.29. The van der Waals surface area contributed by atoms with E-state index in [1.807, 2.05) is 6.92 Å². The van der Waals surface area contributed by atoms with Crippen molar-refractivity contribution < 1.29 is 17.6 Å². The van der Waals surface area contributed by atoms with Crippen molar-refractivity contribution in [2.45, 2.75) is 47.5 Å². The molecule has 0 bridgehead atoms. The van der Waals surface area contributed by atoms with E-state index in [1.54, 1.807) is 13.8 Å². The fourth-order valence-electron chi connectivity index (χ4n) is 3.25. The lowest BCUT2D eigenvalue weighted by Gasteiger charge is -2.25. The lowest BCUT2D eigenvalue weighted by molar-refractivity contribution is 0.471. The molecule has 1 atom stereocenters. The fraction of sp³-hybridized carbons (Fsp3) is 0.444. The molecular weight excluding hydrogens is 292 g/mol. The molecule has 22 heavy (non-hydrogen) atoms. The second-order valence-corrected chi connectivity index (χ2v) is 6.09. The lowest BCUT2D eigenvalue weighted by Crippen LogP contribution is -2.34. The molecule has 1 aliphatic carbocycles. The van der Waals surface area contributed by atoms with Crippen LogP contribution in [-0.4, -0.2) is 0 Å². The summed E-state index contributed by atoms with van der Waals surface area (Å²) in [5, 5.41) is -0.720. The number of benzene rings is 1. The molecule has 1 aromatic carbocycles. The zero-order valence-corrected chi connectivity index (χ0v) is 13.5. The van der Waals surface area contributed by atoms with E-state index in [0.29, 0.717) is 17.6 Å². The van der Waals surface area contributed by atoms with Gasteiger partial charge in [-0.25, -0.2) is 17.6 Å². The molecule has 0 spiro atoms. The molecule has 0 N–H and O–H groups in total. The van der Waals surface area contributed by atoms with E-state index in [9.17, 15) is 17.6 Å². The van der Waals surface area contributed by atoms with Gasteiger partial charge in [0.1, 0.15) is 11.6 Å². The van der Waals surface area contributed by atoms with Gasteiger partial charge >= 0.3 is 0 Å². The molecular formula is C18H20F4. The maximum Gasteiger partial charge on any atom is 0.169 e. The fourth-order valence-corrected chi connectivity index (χ4v) is 3.25. The van der Waals surface area contributed by atoms with Gasteiger partial charge in [-0.15, -0.1) is 0 Å². The van der Waals surface area contributed by atoms with Crippen molar-refractivity contribution in [3.05, 3.63) is 39.0 Å². The topological polar surface area (TPSA) is 0 Å². The van der Waals surface area contributed by atoms with E-state index in [4.69, 9.17) is 0 Å². The molecule has 2 rings (SSSR count). The van der Waals surface area contributed by atoms with E-state index < -0.39 is 34.1 Å². The molecule has 0 aromatic heterocycles. The predicted molar refractivity (Wildman–Crippen MR) is 81.5 cm³/mol. The van der Waals surface area contributed by atoms with Gasteiger partial charge in [-0.3, -0.25) is 0 Å². The van der Waals surface area contributed by atoms with Crippen LogP contribution in [0.5, 0.6) is 0 Å². The zero-order chi connectivity index (χ0) is 16.8. The molecule has 0 nitrogen and oxygen atoms in total. The van der Waals surface area contributed by atoms with Gasteiger partial charge in [0, 0.05) is 16.4 Å². The van der Waals surface area contributed by atoms with Crippen LogP contribution < -0.4 is 10.4 Å². The summed E-state index contributed by atoms with van der Waals surface area (Å²) in [6.45, 7) is 8.09. The van der Waals surface area contributed by atoms with Crippen molar-refractivity contribution in [3.63, 3.8) is 0 Å². The number of allylic oxidation sites excluding steroid dienone is 1. The van der Waals surface area contributed by atoms with Crippen molar-refractivity contribution >= 4 is 17.0 Å². The average molecular weight is 312 g/mol. The molecule has 4 heteroatoms. The quantitative estimate of drug-likeness (QED) is 0.553. The molecule has 0 heterocycles. The van der Waals surface area contributed by atoms with Gasteiger partial charge < -0.3 is 0 Å². The van der Waals surface area contributed by atoms with E-state index in [0.717, 1.165) is 6.42 Å². The summed E-state index contributed by atoms with van der Waals surface area (Å²) in [5.41, 5.74) is 0.718. The highest BCUT2D eigenvalue weighted by Crippen LogP contribution is 2.36. The highest BCUT2D eigenvalue weighted by Gasteiger charge is 2.30. The highest BCUT2D eigenvalue weighted by molar-refractivity contribution is 5.74. The first kappa shape index (κ1) is 16.8. The van der Waals surface area contributed by atoms with Gasteiger partial charge in [-0.05, 0) is 39.7 Å². The van der Waals surface area contributed by atoms with Crippen LogP contribution in [0.3, 0.4) is 0 Å². The van der Waals surface area contributed by atoms with Gasteiger partial charge in [0.25, 0.3) is 0 Å². The monoisotopic (exact) mass is 312 g/mol. The Kier molecular flexibility index (Phi) is 4.50. The van der Waals surface area contributed by atoms with Crippen LogP contribution in [0.25, 0.3) is 17.0 Å². The van der Waals surface area contributed by atoms with Crippen molar-refractivity contribution in [2.24, 2.45) is 5.92 Å². The Bertz CT molecular complexity index is 781. The van der Waals surface area contributed by atoms with Gasteiger partial charge in [0.15, 0.2) is 11.6 Å². The van der Waals surface area contributed by atoms with Gasteiger partial charge in [-0.1, -0.05) is 24.5 Å². The second kappa shape index (κ2) is 5.90. The maximum absolute atomic E-state index is 14.7. The Labute approximate surface area is 127 Å². The molecule has 0 aliphatic heterocycles. The first-order valence-electron chi connectivity index (χ1n) is 7.45. The SMILES string of the molecule is CCCC1C(C)=C(F)c2c(F)c(=C(C)C)c(F)c(F)c2=C1C. The van der Waals surface area contributed by atoms with Crippen LogP contribution in [0.2, 0.25) is 0 Å². The Hall–Kier alpha value is -1.58. The third-order valence-corrected chi connectivity index (χ3v) is 4.40. The van der Waals surface area contributed by atoms with Gasteiger partial charge in [-0.2, -0.15) is 0 Å². The largest absolute Gasteiger partial charge is 0.206 e. The third-order valence-electron chi connectivity index (χ3n) is 4.40. The molecule has 0 radical (unpaired) electrons. The van der Waals surface area contributed by atoms with Gasteiger partial charge in [0.05, 0.1) is 5.56 Å². The Morgan fingerprint density at radius 1 is 0.909 bits per heavy atom. The van der Waals surface area contributed by atoms with Crippen molar-refractivity contribution in [3.8, 4) is 0 Å². The maximum atomic E-state index is 14.7. The summed E-state index contributed by atoms with van der Waals surface area (Å²) >= 11 is 0. The van der Waals surface area contributed by atoms with Crippen molar-refractivity contribution in [1.82, 2.24) is 0 Å².